The van der Waals surface area contributed by atoms with Gasteiger partial charge in [-0.3, -0.25) is 4.79 Å². The van der Waals surface area contributed by atoms with Gasteiger partial charge in [0.05, 0.1) is 0 Å². The molecule has 0 aliphatic rings. The summed E-state index contributed by atoms with van der Waals surface area (Å²) in [5, 5.41) is 6.42. The van der Waals surface area contributed by atoms with Crippen LogP contribution in [0.15, 0.2) is 24.3 Å². The summed E-state index contributed by atoms with van der Waals surface area (Å²) in [5.41, 5.74) is 0.942. The molecule has 1 amide bonds. The molecule has 3 nitrogen and oxygen atoms in total. The van der Waals surface area contributed by atoms with Crippen molar-refractivity contribution in [2.75, 3.05) is 13.6 Å². The van der Waals surface area contributed by atoms with Gasteiger partial charge in [0.2, 0.25) is 5.91 Å². The van der Waals surface area contributed by atoms with Crippen molar-refractivity contribution in [1.82, 2.24) is 10.6 Å². The Bertz CT molecular complexity index is 332. The minimum absolute atomic E-state index is 0. The van der Waals surface area contributed by atoms with E-state index in [1.807, 2.05) is 31.3 Å². The van der Waals surface area contributed by atoms with E-state index in [0.717, 1.165) is 5.56 Å². The van der Waals surface area contributed by atoms with Crippen LogP contribution in [0.4, 0.5) is 0 Å². The van der Waals surface area contributed by atoms with Gasteiger partial charge in [-0.15, -0.1) is 12.4 Å². The fourth-order valence-electron chi connectivity index (χ4n) is 1.16. The molecule has 0 aliphatic carbocycles. The van der Waals surface area contributed by atoms with Gasteiger partial charge < -0.3 is 10.6 Å². The number of hydrogen-bond donors (Lipinski definition) is 2. The largest absolute Gasteiger partial charge is 0.352 e. The van der Waals surface area contributed by atoms with E-state index >= 15 is 0 Å². The van der Waals surface area contributed by atoms with Crippen molar-refractivity contribution in [3.8, 4) is 0 Å². The summed E-state index contributed by atoms with van der Waals surface area (Å²) in [6.07, 6.45) is 0.487. The number of hydrogen-bond acceptors (Lipinski definition) is 2. The number of benzene rings is 1. The predicted molar refractivity (Wildman–Crippen MR) is 69.1 cm³/mol. The van der Waals surface area contributed by atoms with E-state index in [-0.39, 0.29) is 18.3 Å². The van der Waals surface area contributed by atoms with Crippen LogP contribution in [0.1, 0.15) is 12.0 Å². The Balaban J connectivity index is 0.00000225. The third-order valence-electron chi connectivity index (χ3n) is 2.04. The highest BCUT2D eigenvalue weighted by atomic mass is 35.5. The third kappa shape index (κ3) is 5.35. The highest BCUT2D eigenvalue weighted by molar-refractivity contribution is 6.31. The zero-order valence-electron chi connectivity index (χ0n) is 9.13. The maximum atomic E-state index is 11.3. The molecular formula is C11H16Cl2N2O. The second-order valence-electron chi connectivity index (χ2n) is 3.22. The minimum atomic E-state index is 0. The van der Waals surface area contributed by atoms with Crippen LogP contribution in [-0.4, -0.2) is 19.5 Å². The van der Waals surface area contributed by atoms with Gasteiger partial charge in [-0.2, -0.15) is 0 Å². The number of carbonyl (C=O) groups excluding carboxylic acids is 1. The zero-order valence-corrected chi connectivity index (χ0v) is 10.7. The van der Waals surface area contributed by atoms with Crippen LogP contribution in [0, 0.1) is 0 Å². The average Bonchev–Trinajstić information content (AvgIpc) is 2.25. The molecule has 1 rings (SSSR count). The third-order valence-corrected chi connectivity index (χ3v) is 2.40. The number of rotatable bonds is 5. The summed E-state index contributed by atoms with van der Waals surface area (Å²) in [6.45, 7) is 1.18. The second kappa shape index (κ2) is 8.39. The molecule has 1 aromatic carbocycles. The molecule has 0 aromatic heterocycles. The Morgan fingerprint density at radius 3 is 2.69 bits per heavy atom. The standard InChI is InChI=1S/C11H15ClN2O.ClH/c1-13-7-6-11(15)14-8-9-4-2-3-5-10(9)12;/h2-5,13H,6-8H2,1H3,(H,14,15);1H. The molecular weight excluding hydrogens is 247 g/mol. The van der Waals surface area contributed by atoms with E-state index in [2.05, 4.69) is 10.6 Å². The van der Waals surface area contributed by atoms with Gasteiger partial charge in [-0.05, 0) is 18.7 Å². The first-order valence-electron chi connectivity index (χ1n) is 4.88. The first-order valence-corrected chi connectivity index (χ1v) is 5.26. The van der Waals surface area contributed by atoms with Gasteiger partial charge in [-0.25, -0.2) is 0 Å². The minimum Gasteiger partial charge on any atom is -0.352 e. The van der Waals surface area contributed by atoms with Crippen molar-refractivity contribution < 1.29 is 4.79 Å². The van der Waals surface area contributed by atoms with Crippen molar-refractivity contribution >= 4 is 29.9 Å². The second-order valence-corrected chi connectivity index (χ2v) is 3.63. The number of carbonyl (C=O) groups is 1. The molecule has 0 fully saturated rings. The highest BCUT2D eigenvalue weighted by Crippen LogP contribution is 2.14. The van der Waals surface area contributed by atoms with Crippen LogP contribution in [0.5, 0.6) is 0 Å². The average molecular weight is 263 g/mol. The Morgan fingerprint density at radius 1 is 1.38 bits per heavy atom. The molecule has 0 bridgehead atoms. The molecule has 0 aliphatic heterocycles. The van der Waals surface area contributed by atoms with Crippen molar-refractivity contribution in [2.24, 2.45) is 0 Å². The Kier molecular flexibility index (Phi) is 7.99. The number of amides is 1. The van der Waals surface area contributed by atoms with Crippen LogP contribution < -0.4 is 10.6 Å². The number of nitrogens with one attached hydrogen (secondary N) is 2. The Morgan fingerprint density at radius 2 is 2.06 bits per heavy atom. The molecule has 5 heteroatoms. The van der Waals surface area contributed by atoms with Crippen LogP contribution in [0.25, 0.3) is 0 Å². The van der Waals surface area contributed by atoms with E-state index in [0.29, 0.717) is 24.5 Å². The monoisotopic (exact) mass is 262 g/mol. The van der Waals surface area contributed by atoms with E-state index in [1.54, 1.807) is 0 Å². The molecule has 90 valence electrons. The van der Waals surface area contributed by atoms with Gasteiger partial charge >= 0.3 is 0 Å². The summed E-state index contributed by atoms with van der Waals surface area (Å²) in [7, 11) is 1.82. The molecule has 0 atom stereocenters. The summed E-state index contributed by atoms with van der Waals surface area (Å²) in [6, 6.07) is 7.49. The molecule has 0 radical (unpaired) electrons. The maximum absolute atomic E-state index is 11.3. The van der Waals surface area contributed by atoms with Gasteiger partial charge in [0.1, 0.15) is 0 Å². The molecule has 0 heterocycles. The van der Waals surface area contributed by atoms with Crippen LogP contribution in [0.3, 0.4) is 0 Å². The van der Waals surface area contributed by atoms with Crippen LogP contribution in [0.2, 0.25) is 5.02 Å². The fourth-order valence-corrected chi connectivity index (χ4v) is 1.37. The Hall–Kier alpha value is -0.770. The zero-order chi connectivity index (χ0) is 11.1. The van der Waals surface area contributed by atoms with Gasteiger partial charge in [0.15, 0.2) is 0 Å². The Labute approximate surface area is 107 Å². The van der Waals surface area contributed by atoms with Gasteiger partial charge in [0, 0.05) is 24.5 Å². The summed E-state index contributed by atoms with van der Waals surface area (Å²) < 4.78 is 0. The molecule has 16 heavy (non-hydrogen) atoms. The van der Waals surface area contributed by atoms with Crippen molar-refractivity contribution in [3.05, 3.63) is 34.9 Å². The van der Waals surface area contributed by atoms with E-state index in [9.17, 15) is 4.79 Å². The van der Waals surface area contributed by atoms with Gasteiger partial charge in [-0.1, -0.05) is 29.8 Å². The first kappa shape index (κ1) is 15.2. The molecule has 2 N–H and O–H groups in total. The molecule has 0 unspecified atom stereocenters. The quantitative estimate of drug-likeness (QED) is 0.853. The lowest BCUT2D eigenvalue weighted by Gasteiger charge is -2.06. The van der Waals surface area contributed by atoms with Crippen molar-refractivity contribution in [1.29, 1.82) is 0 Å². The lowest BCUT2D eigenvalue weighted by molar-refractivity contribution is -0.121. The normalized spacial score (nSPS) is 9.38. The maximum Gasteiger partial charge on any atom is 0.221 e. The van der Waals surface area contributed by atoms with E-state index < -0.39 is 0 Å². The topological polar surface area (TPSA) is 41.1 Å². The summed E-state index contributed by atoms with van der Waals surface area (Å²) in [5.74, 6) is 0.0317. The van der Waals surface area contributed by atoms with Crippen molar-refractivity contribution in [3.63, 3.8) is 0 Å². The fraction of sp³-hybridized carbons (Fsp3) is 0.364. The SMILES string of the molecule is CNCCC(=O)NCc1ccccc1Cl.Cl. The molecule has 0 saturated carbocycles. The smallest absolute Gasteiger partial charge is 0.221 e. The molecule has 0 saturated heterocycles. The molecule has 1 aromatic rings. The van der Waals surface area contributed by atoms with Crippen molar-refractivity contribution in [2.45, 2.75) is 13.0 Å². The van der Waals surface area contributed by atoms with Crippen LogP contribution >= 0.6 is 24.0 Å². The predicted octanol–water partition coefficient (Wildman–Crippen LogP) is 1.99. The summed E-state index contributed by atoms with van der Waals surface area (Å²) >= 11 is 5.95. The molecule has 0 spiro atoms. The number of halogens is 2. The lowest BCUT2D eigenvalue weighted by Crippen LogP contribution is -2.26. The summed E-state index contributed by atoms with van der Waals surface area (Å²) in [4.78, 5) is 11.3. The van der Waals surface area contributed by atoms with Gasteiger partial charge in [0.25, 0.3) is 0 Å². The highest BCUT2D eigenvalue weighted by Gasteiger charge is 2.02. The van der Waals surface area contributed by atoms with E-state index in [1.165, 1.54) is 0 Å². The van der Waals surface area contributed by atoms with Crippen LogP contribution in [-0.2, 0) is 11.3 Å². The first-order chi connectivity index (χ1) is 7.24. The lowest BCUT2D eigenvalue weighted by atomic mass is 10.2. The van der Waals surface area contributed by atoms with E-state index in [4.69, 9.17) is 11.6 Å².